The molecule has 0 saturated heterocycles. The van der Waals surface area contributed by atoms with Crippen molar-refractivity contribution in [1.29, 1.82) is 0 Å². The molecule has 0 amide bonds. The molecule has 0 aliphatic heterocycles. The summed E-state index contributed by atoms with van der Waals surface area (Å²) < 4.78 is 5.39. The normalized spacial score (nSPS) is 10.4. The molecule has 2 aromatic carbocycles. The van der Waals surface area contributed by atoms with Crippen molar-refractivity contribution in [1.82, 2.24) is 9.97 Å². The molecular weight excluding hydrogens is 336 g/mol. The van der Waals surface area contributed by atoms with Gasteiger partial charge in [0.1, 0.15) is 11.6 Å². The topological polar surface area (TPSA) is 59.1 Å². The molecule has 0 atom stereocenters. The smallest absolute Gasteiger partial charge is 0.229 e. The maximum absolute atomic E-state index is 6.16. The fourth-order valence-corrected chi connectivity index (χ4v) is 2.58. The van der Waals surface area contributed by atoms with E-state index < -0.39 is 0 Å². The van der Waals surface area contributed by atoms with E-state index in [0.717, 1.165) is 28.3 Å². The Balaban J connectivity index is 1.85. The zero-order valence-electron chi connectivity index (χ0n) is 14.3. The summed E-state index contributed by atoms with van der Waals surface area (Å²) in [6, 6.07) is 13.4. The van der Waals surface area contributed by atoms with Crippen LogP contribution in [0.25, 0.3) is 0 Å². The first-order chi connectivity index (χ1) is 12.1. The highest BCUT2D eigenvalue weighted by Gasteiger charge is 2.07. The summed E-state index contributed by atoms with van der Waals surface area (Å²) in [7, 11) is 1.64. The minimum atomic E-state index is 0.488. The van der Waals surface area contributed by atoms with Crippen LogP contribution in [0.15, 0.2) is 48.7 Å². The molecule has 5 nitrogen and oxygen atoms in total. The summed E-state index contributed by atoms with van der Waals surface area (Å²) in [6.45, 7) is 3.98. The zero-order chi connectivity index (χ0) is 17.8. The number of aryl methyl sites for hydroxylation is 1. The standard InChI is InChI=1S/C19H19ClN4O/c1-12-7-8-17(25-3)16(11-12)22-18-9-10-21-19(24-18)23-15-6-4-5-14(20)13(15)2/h4-11H,1-3H3,(H2,21,22,23,24). The number of nitrogens with one attached hydrogen (secondary N) is 2. The monoisotopic (exact) mass is 354 g/mol. The maximum atomic E-state index is 6.16. The Morgan fingerprint density at radius 1 is 1.00 bits per heavy atom. The summed E-state index contributed by atoms with van der Waals surface area (Å²) in [5.41, 5.74) is 3.81. The lowest BCUT2D eigenvalue weighted by Crippen LogP contribution is -2.02. The summed E-state index contributed by atoms with van der Waals surface area (Å²) in [5.74, 6) is 1.91. The third-order valence-electron chi connectivity index (χ3n) is 3.79. The summed E-state index contributed by atoms with van der Waals surface area (Å²) >= 11 is 6.16. The van der Waals surface area contributed by atoms with Crippen molar-refractivity contribution in [3.05, 3.63) is 64.8 Å². The predicted octanol–water partition coefficient (Wildman–Crippen LogP) is 5.24. The molecule has 0 bridgehead atoms. The van der Waals surface area contributed by atoms with Gasteiger partial charge in [0.15, 0.2) is 0 Å². The van der Waals surface area contributed by atoms with Crippen molar-refractivity contribution in [3.8, 4) is 5.75 Å². The van der Waals surface area contributed by atoms with E-state index in [1.54, 1.807) is 19.4 Å². The van der Waals surface area contributed by atoms with Gasteiger partial charge in [0.05, 0.1) is 12.8 Å². The molecule has 25 heavy (non-hydrogen) atoms. The van der Waals surface area contributed by atoms with Crippen molar-refractivity contribution in [2.24, 2.45) is 0 Å². The number of hydrogen-bond donors (Lipinski definition) is 2. The number of nitrogens with zero attached hydrogens (tertiary/aromatic N) is 2. The van der Waals surface area contributed by atoms with Gasteiger partial charge in [-0.3, -0.25) is 0 Å². The van der Waals surface area contributed by atoms with E-state index in [2.05, 4.69) is 20.6 Å². The molecule has 1 heterocycles. The van der Waals surface area contributed by atoms with Crippen LogP contribution in [0.2, 0.25) is 5.02 Å². The molecule has 128 valence electrons. The Hall–Kier alpha value is -2.79. The second-order valence-corrected chi connectivity index (χ2v) is 6.04. The summed E-state index contributed by atoms with van der Waals surface area (Å²) in [4.78, 5) is 8.78. The molecule has 0 radical (unpaired) electrons. The van der Waals surface area contributed by atoms with Gasteiger partial charge in [-0.2, -0.15) is 4.98 Å². The maximum Gasteiger partial charge on any atom is 0.229 e. The zero-order valence-corrected chi connectivity index (χ0v) is 15.1. The van der Waals surface area contributed by atoms with Crippen molar-refractivity contribution in [2.75, 3.05) is 17.7 Å². The fourth-order valence-electron chi connectivity index (χ4n) is 2.41. The molecule has 0 unspecified atom stereocenters. The quantitative estimate of drug-likeness (QED) is 0.656. The second-order valence-electron chi connectivity index (χ2n) is 5.63. The molecule has 3 aromatic rings. The van der Waals surface area contributed by atoms with Gasteiger partial charge in [0, 0.05) is 16.9 Å². The molecular formula is C19H19ClN4O. The number of methoxy groups -OCH3 is 1. The van der Waals surface area contributed by atoms with Gasteiger partial charge >= 0.3 is 0 Å². The second kappa shape index (κ2) is 7.40. The minimum Gasteiger partial charge on any atom is -0.495 e. The van der Waals surface area contributed by atoms with Crippen LogP contribution in [-0.4, -0.2) is 17.1 Å². The minimum absolute atomic E-state index is 0.488. The predicted molar refractivity (Wildman–Crippen MR) is 103 cm³/mol. The van der Waals surface area contributed by atoms with Crippen LogP contribution in [0.3, 0.4) is 0 Å². The fraction of sp³-hybridized carbons (Fsp3) is 0.158. The van der Waals surface area contributed by atoms with Crippen molar-refractivity contribution in [2.45, 2.75) is 13.8 Å². The van der Waals surface area contributed by atoms with E-state index in [1.807, 2.05) is 50.2 Å². The van der Waals surface area contributed by atoms with Crippen LogP contribution in [0, 0.1) is 13.8 Å². The molecule has 0 aliphatic rings. The summed E-state index contributed by atoms with van der Waals surface area (Å²) in [5, 5.41) is 7.17. The van der Waals surface area contributed by atoms with Crippen LogP contribution in [0.1, 0.15) is 11.1 Å². The number of hydrogen-bond acceptors (Lipinski definition) is 5. The van der Waals surface area contributed by atoms with E-state index in [9.17, 15) is 0 Å². The first kappa shape index (κ1) is 17.0. The van der Waals surface area contributed by atoms with Gasteiger partial charge in [0.2, 0.25) is 5.95 Å². The first-order valence-electron chi connectivity index (χ1n) is 7.83. The molecule has 6 heteroatoms. The SMILES string of the molecule is COc1ccc(C)cc1Nc1ccnc(Nc2cccc(Cl)c2C)n1. The molecule has 0 spiro atoms. The Labute approximate surface area is 152 Å². The van der Waals surface area contributed by atoms with Crippen LogP contribution in [0.5, 0.6) is 5.75 Å². The van der Waals surface area contributed by atoms with E-state index in [1.165, 1.54) is 0 Å². The largest absolute Gasteiger partial charge is 0.495 e. The lowest BCUT2D eigenvalue weighted by Gasteiger charge is -2.13. The Morgan fingerprint density at radius 2 is 1.84 bits per heavy atom. The van der Waals surface area contributed by atoms with Gasteiger partial charge in [-0.1, -0.05) is 23.7 Å². The Bertz CT molecular complexity index is 898. The summed E-state index contributed by atoms with van der Waals surface area (Å²) in [6.07, 6.45) is 1.69. The number of aromatic nitrogens is 2. The van der Waals surface area contributed by atoms with E-state index in [4.69, 9.17) is 16.3 Å². The lowest BCUT2D eigenvalue weighted by atomic mass is 10.2. The third kappa shape index (κ3) is 4.00. The molecule has 0 saturated carbocycles. The van der Waals surface area contributed by atoms with Crippen LogP contribution in [-0.2, 0) is 0 Å². The van der Waals surface area contributed by atoms with Crippen molar-refractivity contribution in [3.63, 3.8) is 0 Å². The van der Waals surface area contributed by atoms with E-state index in [-0.39, 0.29) is 0 Å². The molecule has 2 N–H and O–H groups in total. The number of rotatable bonds is 5. The number of anilines is 4. The van der Waals surface area contributed by atoms with Crippen molar-refractivity contribution >= 4 is 34.7 Å². The van der Waals surface area contributed by atoms with Gasteiger partial charge in [-0.25, -0.2) is 4.98 Å². The Kier molecular flexibility index (Phi) is 5.05. The lowest BCUT2D eigenvalue weighted by molar-refractivity contribution is 0.416. The average molecular weight is 355 g/mol. The van der Waals surface area contributed by atoms with Gasteiger partial charge in [-0.05, 0) is 55.3 Å². The van der Waals surface area contributed by atoms with Crippen molar-refractivity contribution < 1.29 is 4.74 Å². The average Bonchev–Trinajstić information content (AvgIpc) is 2.60. The van der Waals surface area contributed by atoms with Gasteiger partial charge in [0.25, 0.3) is 0 Å². The highest BCUT2D eigenvalue weighted by molar-refractivity contribution is 6.31. The van der Waals surface area contributed by atoms with E-state index >= 15 is 0 Å². The molecule has 1 aromatic heterocycles. The molecule has 3 rings (SSSR count). The van der Waals surface area contributed by atoms with Crippen LogP contribution < -0.4 is 15.4 Å². The van der Waals surface area contributed by atoms with Gasteiger partial charge in [-0.15, -0.1) is 0 Å². The van der Waals surface area contributed by atoms with Crippen LogP contribution >= 0.6 is 11.6 Å². The highest BCUT2D eigenvalue weighted by Crippen LogP contribution is 2.29. The number of benzene rings is 2. The Morgan fingerprint density at radius 3 is 2.64 bits per heavy atom. The third-order valence-corrected chi connectivity index (χ3v) is 4.20. The first-order valence-corrected chi connectivity index (χ1v) is 8.21. The number of ether oxygens (including phenoxy) is 1. The highest BCUT2D eigenvalue weighted by atomic mass is 35.5. The number of halogens is 1. The molecule has 0 fully saturated rings. The molecule has 0 aliphatic carbocycles. The van der Waals surface area contributed by atoms with E-state index in [0.29, 0.717) is 16.8 Å². The van der Waals surface area contributed by atoms with Gasteiger partial charge < -0.3 is 15.4 Å². The van der Waals surface area contributed by atoms with Crippen LogP contribution in [0.4, 0.5) is 23.1 Å².